The maximum atomic E-state index is 8.56. The Hall–Kier alpha value is -1.34. The number of carbonyl (C=O) groups is 1. The summed E-state index contributed by atoms with van der Waals surface area (Å²) in [5, 5.41) is 13.9. The van der Waals surface area contributed by atoms with Gasteiger partial charge in [-0.2, -0.15) is 0 Å². The van der Waals surface area contributed by atoms with E-state index in [1.165, 1.54) is 0 Å². The molecule has 3 nitrogen and oxygen atoms in total. The molecule has 0 saturated carbocycles. The summed E-state index contributed by atoms with van der Waals surface area (Å²) < 4.78 is 0. The molecule has 0 rings (SSSR count). The lowest BCUT2D eigenvalue weighted by atomic mass is 10.7. The lowest BCUT2D eigenvalue weighted by Crippen LogP contribution is -2.07. The third kappa shape index (κ3) is 10.9. The maximum absolute atomic E-state index is 8.56. The van der Waals surface area contributed by atoms with Crippen molar-refractivity contribution in [1.82, 2.24) is 0 Å². The molecule has 0 aliphatic rings. The molecule has 0 amide bonds. The van der Waals surface area contributed by atoms with Crippen molar-refractivity contribution >= 4 is 13.4 Å². The molecule has 0 heterocycles. The molecule has 0 aromatic rings. The first-order chi connectivity index (χ1) is 7.97. The summed E-state index contributed by atoms with van der Waals surface area (Å²) in [6.07, 6.45) is 10.7. The first-order valence-corrected chi connectivity index (χ1v) is 7.71. The minimum atomic E-state index is -1.83. The van der Waals surface area contributed by atoms with Crippen LogP contribution in [0.4, 0.5) is 4.79 Å². The van der Waals surface area contributed by atoms with Gasteiger partial charge in [0.05, 0.1) is 0 Å². The van der Waals surface area contributed by atoms with Gasteiger partial charge in [0.2, 0.25) is 0 Å². The molecule has 0 aromatic carbocycles. The van der Waals surface area contributed by atoms with E-state index in [1.807, 2.05) is 24.3 Å². The van der Waals surface area contributed by atoms with Gasteiger partial charge in [0.15, 0.2) is 0 Å². The Kier molecular flexibility index (Phi) is 11.8. The van der Waals surface area contributed by atoms with E-state index >= 15 is 0 Å². The topological polar surface area (TPSA) is 57.5 Å². The van der Waals surface area contributed by atoms with Crippen molar-refractivity contribution in [3.05, 3.63) is 50.6 Å². The lowest BCUT2D eigenvalue weighted by molar-refractivity contribution is 0.137. The number of hydrogen-bond donors (Lipinski definition) is 2. The molecular formula is C13H22O3P. The highest BCUT2D eigenvalue weighted by Crippen LogP contribution is 2.58. The van der Waals surface area contributed by atoms with Crippen molar-refractivity contribution in [3.8, 4) is 0 Å². The Morgan fingerprint density at radius 3 is 1.12 bits per heavy atom. The molecule has 0 saturated heterocycles. The normalized spacial score (nSPS) is 9.41. The van der Waals surface area contributed by atoms with E-state index in [4.69, 9.17) is 15.0 Å². The summed E-state index contributed by atoms with van der Waals surface area (Å²) in [7, 11) is -0.968. The fourth-order valence-corrected chi connectivity index (χ4v) is 4.63. The second kappa shape index (κ2) is 11.2. The van der Waals surface area contributed by atoms with Crippen molar-refractivity contribution in [1.29, 1.82) is 0 Å². The fourth-order valence-electron chi connectivity index (χ4n) is 1.54. The molecular weight excluding hydrogens is 235 g/mol. The summed E-state index contributed by atoms with van der Waals surface area (Å²) in [6.45, 7) is 15.3. The van der Waals surface area contributed by atoms with Crippen LogP contribution in [-0.4, -0.2) is 41.0 Å². The van der Waals surface area contributed by atoms with Gasteiger partial charge in [-0.15, -0.1) is 33.6 Å². The van der Waals surface area contributed by atoms with E-state index in [2.05, 4.69) is 26.3 Å². The molecule has 0 aliphatic carbocycles. The zero-order chi connectivity index (χ0) is 13.7. The molecule has 0 fully saturated rings. The van der Waals surface area contributed by atoms with Gasteiger partial charge in [-0.1, -0.05) is 24.3 Å². The van der Waals surface area contributed by atoms with Gasteiger partial charge in [0.25, 0.3) is 0 Å². The molecule has 17 heavy (non-hydrogen) atoms. The van der Waals surface area contributed by atoms with Gasteiger partial charge in [0.1, 0.15) is 0 Å². The average molecular weight is 257 g/mol. The van der Waals surface area contributed by atoms with Crippen LogP contribution in [0.3, 0.4) is 0 Å². The first-order valence-electron chi connectivity index (χ1n) is 5.18. The first kappa shape index (κ1) is 18.0. The highest BCUT2D eigenvalue weighted by molar-refractivity contribution is 7.76. The minimum absolute atomic E-state index is 0.968. The van der Waals surface area contributed by atoms with Crippen molar-refractivity contribution < 1.29 is 15.0 Å². The van der Waals surface area contributed by atoms with Gasteiger partial charge >= 0.3 is 6.16 Å². The van der Waals surface area contributed by atoms with Crippen molar-refractivity contribution in [2.45, 2.75) is 0 Å². The second-order valence-electron chi connectivity index (χ2n) is 3.51. The van der Waals surface area contributed by atoms with Crippen LogP contribution in [0.2, 0.25) is 0 Å². The summed E-state index contributed by atoms with van der Waals surface area (Å²) in [4.78, 5) is 8.56. The lowest BCUT2D eigenvalue weighted by Gasteiger charge is -2.32. The van der Waals surface area contributed by atoms with Crippen LogP contribution in [-0.2, 0) is 0 Å². The van der Waals surface area contributed by atoms with Crippen LogP contribution in [0.25, 0.3) is 0 Å². The van der Waals surface area contributed by atoms with E-state index < -0.39 is 13.4 Å². The molecule has 0 aliphatic heterocycles. The Balaban J connectivity index is 0. The molecule has 0 bridgehead atoms. The largest absolute Gasteiger partial charge is 0.503 e. The standard InChI is InChI=1S/C12H20P.CH2O3/c1-5-9-13(10-6-2,11-7-3)12-8-4;2-1(3)4/h5-8H,1-4,9-12H2;(H2,2,3,4). The van der Waals surface area contributed by atoms with E-state index in [0.29, 0.717) is 0 Å². The van der Waals surface area contributed by atoms with Crippen LogP contribution in [0.5, 0.6) is 0 Å². The van der Waals surface area contributed by atoms with E-state index in [1.54, 1.807) is 0 Å². The summed E-state index contributed by atoms with van der Waals surface area (Å²) in [5.41, 5.74) is 0. The van der Waals surface area contributed by atoms with Gasteiger partial charge in [-0.05, 0) is 24.6 Å². The Morgan fingerprint density at radius 1 is 0.824 bits per heavy atom. The molecule has 4 heteroatoms. The van der Waals surface area contributed by atoms with Crippen LogP contribution in [0, 0.1) is 0 Å². The SMILES string of the molecule is C=CC[P](CC=C)(CC=C)CC=C.O=C(O)O. The number of carboxylic acid groups (broad SMARTS) is 2. The molecule has 0 spiro atoms. The second-order valence-corrected chi connectivity index (χ2v) is 7.65. The fraction of sp³-hybridized carbons (Fsp3) is 0.308. The van der Waals surface area contributed by atoms with E-state index in [-0.39, 0.29) is 0 Å². The minimum Gasteiger partial charge on any atom is -0.450 e. The Labute approximate surface area is 104 Å². The zero-order valence-corrected chi connectivity index (χ0v) is 11.1. The van der Waals surface area contributed by atoms with Crippen LogP contribution in [0.1, 0.15) is 0 Å². The van der Waals surface area contributed by atoms with Crippen LogP contribution < -0.4 is 0 Å². The summed E-state index contributed by atoms with van der Waals surface area (Å²) >= 11 is 0. The summed E-state index contributed by atoms with van der Waals surface area (Å²) in [5.74, 6) is 0. The zero-order valence-electron chi connectivity index (χ0n) is 10.2. The molecule has 0 aromatic heterocycles. The Bertz CT molecular complexity index is 222. The van der Waals surface area contributed by atoms with Gasteiger partial charge in [0, 0.05) is 0 Å². The Morgan fingerprint density at radius 2 is 1.00 bits per heavy atom. The third-order valence-electron chi connectivity index (χ3n) is 2.07. The van der Waals surface area contributed by atoms with Crippen LogP contribution in [0.15, 0.2) is 50.6 Å². The van der Waals surface area contributed by atoms with E-state index in [9.17, 15) is 0 Å². The molecule has 97 valence electrons. The molecule has 0 unspecified atom stereocenters. The van der Waals surface area contributed by atoms with Gasteiger partial charge in [-0.3, -0.25) is 0 Å². The quantitative estimate of drug-likeness (QED) is 0.511. The van der Waals surface area contributed by atoms with E-state index in [0.717, 1.165) is 24.6 Å². The molecule has 0 atom stereocenters. The molecule has 1 radical (unpaired) electrons. The number of hydrogen-bond acceptors (Lipinski definition) is 1. The van der Waals surface area contributed by atoms with Crippen molar-refractivity contribution in [2.24, 2.45) is 0 Å². The number of allylic oxidation sites excluding steroid dienone is 4. The van der Waals surface area contributed by atoms with Crippen LogP contribution >= 0.6 is 7.26 Å². The monoisotopic (exact) mass is 257 g/mol. The average Bonchev–Trinajstić information content (AvgIpc) is 2.18. The summed E-state index contributed by atoms with van der Waals surface area (Å²) in [6, 6.07) is 0. The van der Waals surface area contributed by atoms with Crippen molar-refractivity contribution in [2.75, 3.05) is 24.6 Å². The molecule has 2 N–H and O–H groups in total. The number of rotatable bonds is 8. The smallest absolute Gasteiger partial charge is 0.450 e. The highest BCUT2D eigenvalue weighted by atomic mass is 31.2. The van der Waals surface area contributed by atoms with Gasteiger partial charge in [-0.25, -0.2) is 4.79 Å². The predicted molar refractivity (Wildman–Crippen MR) is 77.8 cm³/mol. The van der Waals surface area contributed by atoms with Gasteiger partial charge < -0.3 is 10.2 Å². The maximum Gasteiger partial charge on any atom is 0.503 e. The predicted octanol–water partition coefficient (Wildman–Crippen LogP) is 3.97. The van der Waals surface area contributed by atoms with Crippen molar-refractivity contribution in [3.63, 3.8) is 0 Å². The third-order valence-corrected chi connectivity index (χ3v) is 6.20. The highest BCUT2D eigenvalue weighted by Gasteiger charge is 2.20.